The molecule has 2 aromatic carbocycles. The van der Waals surface area contributed by atoms with Gasteiger partial charge in [0.1, 0.15) is 23.3 Å². The Kier molecular flexibility index (Phi) is 5.51. The van der Waals surface area contributed by atoms with Gasteiger partial charge in [0.2, 0.25) is 0 Å². The molecule has 3 aromatic rings. The molecular weight excluding hydrogens is 422 g/mol. The van der Waals surface area contributed by atoms with Gasteiger partial charge in [0, 0.05) is 11.5 Å². The van der Waals surface area contributed by atoms with E-state index in [1.54, 1.807) is 43.5 Å². The van der Waals surface area contributed by atoms with Crippen LogP contribution in [0, 0.1) is 0 Å². The van der Waals surface area contributed by atoms with E-state index in [1.807, 2.05) is 0 Å². The van der Waals surface area contributed by atoms with E-state index in [0.717, 1.165) is 5.41 Å². The van der Waals surface area contributed by atoms with Crippen molar-refractivity contribution < 1.29 is 27.1 Å². The third-order valence-electron chi connectivity index (χ3n) is 4.79. The minimum atomic E-state index is -3.25. The van der Waals surface area contributed by atoms with Gasteiger partial charge in [-0.25, -0.2) is 8.42 Å². The fraction of sp³-hybridized carbons (Fsp3) is 0.182. The molecule has 9 heteroatoms. The van der Waals surface area contributed by atoms with Crippen LogP contribution in [0.15, 0.2) is 69.4 Å². The van der Waals surface area contributed by atoms with Crippen LogP contribution in [0.25, 0.3) is 22.1 Å². The molecule has 1 N–H and O–H groups in total. The average molecular weight is 441 g/mol. The summed E-state index contributed by atoms with van der Waals surface area (Å²) in [6, 6.07) is 11.2. The van der Waals surface area contributed by atoms with E-state index >= 15 is 0 Å². The van der Waals surface area contributed by atoms with Gasteiger partial charge in [-0.3, -0.25) is 9.59 Å². The fourth-order valence-electron chi connectivity index (χ4n) is 3.23. The molecule has 1 atom stereocenters. The van der Waals surface area contributed by atoms with Gasteiger partial charge in [0.05, 0.1) is 29.9 Å². The third-order valence-corrected chi connectivity index (χ3v) is 6.19. The highest BCUT2D eigenvalue weighted by atomic mass is 32.2. The zero-order chi connectivity index (χ0) is 22.0. The van der Waals surface area contributed by atoms with Crippen LogP contribution in [0.3, 0.4) is 0 Å². The third kappa shape index (κ3) is 4.61. The molecule has 8 nitrogen and oxygen atoms in total. The topological polar surface area (TPSA) is 112 Å². The van der Waals surface area contributed by atoms with Gasteiger partial charge in [-0.05, 0) is 35.9 Å². The zero-order valence-electron chi connectivity index (χ0n) is 16.5. The molecule has 0 radical (unpaired) electrons. The molecule has 0 fully saturated rings. The maximum absolute atomic E-state index is 12.9. The molecule has 1 aliphatic rings. The van der Waals surface area contributed by atoms with Crippen molar-refractivity contribution in [1.29, 1.82) is 0 Å². The molecule has 0 aliphatic carbocycles. The van der Waals surface area contributed by atoms with Gasteiger partial charge < -0.3 is 19.2 Å². The highest BCUT2D eigenvalue weighted by molar-refractivity contribution is 7.94. The second kappa shape index (κ2) is 8.27. The van der Waals surface area contributed by atoms with Gasteiger partial charge in [0.15, 0.2) is 21.9 Å². The summed E-state index contributed by atoms with van der Waals surface area (Å²) in [6.07, 6.45) is 2.81. The Morgan fingerprint density at radius 1 is 1.16 bits per heavy atom. The number of methoxy groups -OCH3 is 1. The number of carbonyl (C=O) groups is 1. The molecule has 1 aromatic heterocycles. The summed E-state index contributed by atoms with van der Waals surface area (Å²) in [5, 5.41) is 4.04. The van der Waals surface area contributed by atoms with Crippen molar-refractivity contribution in [3.05, 3.63) is 70.4 Å². The SMILES string of the molecule is COc1ccc(-c2coc3cc(OCC(=O)N[C@@H]4C=CS(=O)(=O)C4)ccc3c2=O)cc1. The number of nitrogens with one attached hydrogen (secondary N) is 1. The van der Waals surface area contributed by atoms with Gasteiger partial charge in [-0.1, -0.05) is 12.1 Å². The van der Waals surface area contributed by atoms with Crippen LogP contribution in [-0.2, 0) is 14.6 Å². The summed E-state index contributed by atoms with van der Waals surface area (Å²) in [5.74, 6) is 0.419. The normalized spacial score (nSPS) is 16.9. The van der Waals surface area contributed by atoms with Crippen molar-refractivity contribution in [3.8, 4) is 22.6 Å². The predicted octanol–water partition coefficient (Wildman–Crippen LogP) is 2.27. The Morgan fingerprint density at radius 2 is 1.90 bits per heavy atom. The second-order valence-electron chi connectivity index (χ2n) is 6.99. The second-order valence-corrected chi connectivity index (χ2v) is 8.92. The first kappa shape index (κ1) is 20.7. The molecule has 2 heterocycles. The van der Waals surface area contributed by atoms with Crippen LogP contribution in [0.5, 0.6) is 11.5 Å². The summed E-state index contributed by atoms with van der Waals surface area (Å²) in [4.78, 5) is 24.9. The Balaban J connectivity index is 1.46. The highest BCUT2D eigenvalue weighted by Crippen LogP contribution is 2.24. The molecule has 1 amide bonds. The van der Waals surface area contributed by atoms with Crippen LogP contribution in [0.1, 0.15) is 0 Å². The van der Waals surface area contributed by atoms with Crippen LogP contribution >= 0.6 is 0 Å². The maximum Gasteiger partial charge on any atom is 0.258 e. The van der Waals surface area contributed by atoms with E-state index in [9.17, 15) is 18.0 Å². The van der Waals surface area contributed by atoms with E-state index in [2.05, 4.69) is 5.32 Å². The van der Waals surface area contributed by atoms with Crippen molar-refractivity contribution in [2.24, 2.45) is 0 Å². The summed E-state index contributed by atoms with van der Waals surface area (Å²) in [7, 11) is -1.68. The van der Waals surface area contributed by atoms with Crippen LogP contribution < -0.4 is 20.2 Å². The lowest BCUT2D eigenvalue weighted by atomic mass is 10.1. The first-order chi connectivity index (χ1) is 14.8. The Labute approximate surface area is 178 Å². The van der Waals surface area contributed by atoms with Gasteiger partial charge in [-0.2, -0.15) is 0 Å². The van der Waals surface area contributed by atoms with Crippen molar-refractivity contribution in [3.63, 3.8) is 0 Å². The van der Waals surface area contributed by atoms with E-state index in [0.29, 0.717) is 33.6 Å². The van der Waals surface area contributed by atoms with Crippen LogP contribution in [0.4, 0.5) is 0 Å². The number of hydrogen-bond donors (Lipinski definition) is 1. The number of sulfone groups is 1. The predicted molar refractivity (Wildman–Crippen MR) is 115 cm³/mol. The van der Waals surface area contributed by atoms with Crippen LogP contribution in [-0.4, -0.2) is 39.8 Å². The molecule has 0 spiro atoms. The quantitative estimate of drug-likeness (QED) is 0.624. The molecule has 0 bridgehead atoms. The Hall–Kier alpha value is -3.59. The van der Waals surface area contributed by atoms with E-state index < -0.39 is 21.8 Å². The monoisotopic (exact) mass is 441 g/mol. The summed E-state index contributed by atoms with van der Waals surface area (Å²) >= 11 is 0. The number of benzene rings is 2. The molecule has 0 saturated carbocycles. The number of amides is 1. The molecule has 4 rings (SSSR count). The minimum absolute atomic E-state index is 0.156. The lowest BCUT2D eigenvalue weighted by Gasteiger charge is -2.11. The molecule has 160 valence electrons. The Morgan fingerprint density at radius 3 is 2.58 bits per heavy atom. The number of rotatable bonds is 6. The van der Waals surface area contributed by atoms with Gasteiger partial charge >= 0.3 is 0 Å². The number of carbonyl (C=O) groups excluding carboxylic acids is 1. The molecule has 0 saturated heterocycles. The van der Waals surface area contributed by atoms with Crippen molar-refractivity contribution >= 4 is 26.7 Å². The first-order valence-corrected chi connectivity index (χ1v) is 11.1. The lowest BCUT2D eigenvalue weighted by molar-refractivity contribution is -0.123. The zero-order valence-corrected chi connectivity index (χ0v) is 17.3. The summed E-state index contributed by atoms with van der Waals surface area (Å²) < 4.78 is 39.0. The number of hydrogen-bond acceptors (Lipinski definition) is 7. The van der Waals surface area contributed by atoms with E-state index in [4.69, 9.17) is 13.9 Å². The van der Waals surface area contributed by atoms with Crippen LogP contribution in [0.2, 0.25) is 0 Å². The summed E-state index contributed by atoms with van der Waals surface area (Å²) in [5.41, 5.74) is 1.26. The largest absolute Gasteiger partial charge is 0.497 e. The van der Waals surface area contributed by atoms with Crippen molar-refractivity contribution in [2.45, 2.75) is 6.04 Å². The molecule has 1 aliphatic heterocycles. The average Bonchev–Trinajstić information content (AvgIpc) is 3.10. The molecular formula is C22H19NO7S. The van der Waals surface area contributed by atoms with E-state index in [-0.39, 0.29) is 17.8 Å². The highest BCUT2D eigenvalue weighted by Gasteiger charge is 2.23. The minimum Gasteiger partial charge on any atom is -0.497 e. The summed E-state index contributed by atoms with van der Waals surface area (Å²) in [6.45, 7) is -0.302. The standard InChI is InChI=1S/C22H19NO7S/c1-28-16-4-2-14(3-5-16)19-11-30-20-10-17(6-7-18(20)22(19)25)29-12-21(24)23-15-8-9-31(26,27)13-15/h2-11,15H,12-13H2,1H3,(H,23,24)/t15-/m1/s1. The molecule has 31 heavy (non-hydrogen) atoms. The van der Waals surface area contributed by atoms with Gasteiger partial charge in [0.25, 0.3) is 5.91 Å². The van der Waals surface area contributed by atoms with Crippen molar-refractivity contribution in [2.75, 3.05) is 19.5 Å². The fourth-order valence-corrected chi connectivity index (χ4v) is 4.47. The first-order valence-electron chi connectivity index (χ1n) is 9.38. The van der Waals surface area contributed by atoms with E-state index in [1.165, 1.54) is 18.4 Å². The van der Waals surface area contributed by atoms with Gasteiger partial charge in [-0.15, -0.1) is 0 Å². The molecule has 0 unspecified atom stereocenters. The lowest BCUT2D eigenvalue weighted by Crippen LogP contribution is -2.38. The smallest absolute Gasteiger partial charge is 0.258 e. The maximum atomic E-state index is 12.9. The Bertz CT molecular complexity index is 1320. The number of fused-ring (bicyclic) bond motifs is 1. The van der Waals surface area contributed by atoms with Crippen molar-refractivity contribution in [1.82, 2.24) is 5.32 Å². The number of ether oxygens (including phenoxy) is 2.